The van der Waals surface area contributed by atoms with Crippen molar-refractivity contribution >= 4 is 5.91 Å². The number of hydrogen-bond acceptors (Lipinski definition) is 4. The van der Waals surface area contributed by atoms with Gasteiger partial charge in [-0.25, -0.2) is 0 Å². The lowest BCUT2D eigenvalue weighted by atomic mass is 9.98. The molecule has 0 unspecified atom stereocenters. The number of piperidine rings is 1. The van der Waals surface area contributed by atoms with Crippen LogP contribution in [0.15, 0.2) is 18.2 Å². The van der Waals surface area contributed by atoms with Gasteiger partial charge in [-0.3, -0.25) is 9.69 Å². The lowest BCUT2D eigenvalue weighted by Gasteiger charge is -2.34. The van der Waals surface area contributed by atoms with E-state index in [4.69, 9.17) is 4.74 Å². The molecule has 0 spiro atoms. The first-order valence-electron chi connectivity index (χ1n) is 8.27. The summed E-state index contributed by atoms with van der Waals surface area (Å²) >= 11 is 0. The van der Waals surface area contributed by atoms with Crippen LogP contribution in [0.25, 0.3) is 0 Å². The first-order chi connectivity index (χ1) is 10.9. The van der Waals surface area contributed by atoms with E-state index in [2.05, 4.69) is 6.92 Å². The molecule has 0 bridgehead atoms. The summed E-state index contributed by atoms with van der Waals surface area (Å²) in [6.07, 6.45) is 2.18. The van der Waals surface area contributed by atoms with E-state index < -0.39 is 0 Å². The van der Waals surface area contributed by atoms with E-state index in [1.165, 1.54) is 7.11 Å². The largest absolute Gasteiger partial charge is 0.504 e. The number of amides is 1. The van der Waals surface area contributed by atoms with E-state index in [1.807, 2.05) is 29.8 Å². The van der Waals surface area contributed by atoms with Gasteiger partial charge in [-0.15, -0.1) is 0 Å². The van der Waals surface area contributed by atoms with Gasteiger partial charge in [-0.2, -0.15) is 0 Å². The summed E-state index contributed by atoms with van der Waals surface area (Å²) in [4.78, 5) is 16.6. The number of carbonyl (C=O) groups excluding carboxylic acids is 1. The molecule has 1 atom stereocenters. The van der Waals surface area contributed by atoms with Crippen molar-refractivity contribution in [3.8, 4) is 11.5 Å². The van der Waals surface area contributed by atoms with Crippen LogP contribution >= 0.6 is 0 Å². The van der Waals surface area contributed by atoms with Crippen LogP contribution in [0.1, 0.15) is 32.3 Å². The topological polar surface area (TPSA) is 53.0 Å². The van der Waals surface area contributed by atoms with Crippen molar-refractivity contribution in [3.05, 3.63) is 23.8 Å². The molecule has 1 fully saturated rings. The van der Waals surface area contributed by atoms with Gasteiger partial charge in [0, 0.05) is 19.6 Å². The number of ether oxygens (including phenoxy) is 1. The predicted octanol–water partition coefficient (Wildman–Crippen LogP) is 2.48. The highest BCUT2D eigenvalue weighted by Crippen LogP contribution is 2.27. The molecule has 1 aliphatic rings. The Morgan fingerprint density at radius 3 is 2.65 bits per heavy atom. The number of phenolic OH excluding ortho intramolecular Hbond substituents is 1. The molecule has 1 heterocycles. The number of likely N-dealkylation sites (N-methyl/N-ethyl adjacent to an activating group) is 1. The summed E-state index contributed by atoms with van der Waals surface area (Å²) < 4.78 is 5.05. The molecule has 5 nitrogen and oxygen atoms in total. The first kappa shape index (κ1) is 17.6. The molecule has 1 aromatic rings. The summed E-state index contributed by atoms with van der Waals surface area (Å²) in [5.41, 5.74) is 0.956. The Morgan fingerprint density at radius 1 is 1.43 bits per heavy atom. The van der Waals surface area contributed by atoms with Gasteiger partial charge in [0.15, 0.2) is 11.5 Å². The van der Waals surface area contributed by atoms with Crippen LogP contribution in [-0.4, -0.2) is 54.1 Å². The number of phenols is 1. The minimum absolute atomic E-state index is 0.127. The molecule has 1 aliphatic heterocycles. The van der Waals surface area contributed by atoms with Crippen molar-refractivity contribution in [1.82, 2.24) is 9.80 Å². The van der Waals surface area contributed by atoms with Gasteiger partial charge < -0.3 is 14.7 Å². The molecule has 0 saturated carbocycles. The minimum Gasteiger partial charge on any atom is -0.504 e. The van der Waals surface area contributed by atoms with Crippen LogP contribution in [0.2, 0.25) is 0 Å². The van der Waals surface area contributed by atoms with E-state index in [1.54, 1.807) is 12.1 Å². The van der Waals surface area contributed by atoms with Gasteiger partial charge in [-0.05, 0) is 50.4 Å². The summed E-state index contributed by atoms with van der Waals surface area (Å²) in [5, 5.41) is 9.86. The van der Waals surface area contributed by atoms with Gasteiger partial charge in [0.25, 0.3) is 0 Å². The molecule has 2 rings (SSSR count). The van der Waals surface area contributed by atoms with Gasteiger partial charge in [0.2, 0.25) is 5.91 Å². The molecule has 1 aromatic carbocycles. The zero-order chi connectivity index (χ0) is 17.0. The molecular weight excluding hydrogens is 292 g/mol. The fourth-order valence-electron chi connectivity index (χ4n) is 2.94. The van der Waals surface area contributed by atoms with Crippen molar-refractivity contribution in [1.29, 1.82) is 0 Å². The monoisotopic (exact) mass is 320 g/mol. The number of methoxy groups -OCH3 is 1. The number of benzene rings is 1. The van der Waals surface area contributed by atoms with Crippen molar-refractivity contribution in [2.75, 3.05) is 27.2 Å². The number of hydrogen-bond donors (Lipinski definition) is 1. The Balaban J connectivity index is 1.95. The number of likely N-dealkylation sites (tertiary alicyclic amines) is 1. The molecule has 1 N–H and O–H groups in total. The second-order valence-electron chi connectivity index (χ2n) is 6.61. The highest BCUT2D eigenvalue weighted by atomic mass is 16.5. The average Bonchev–Trinajstić information content (AvgIpc) is 2.54. The number of rotatable bonds is 5. The van der Waals surface area contributed by atoms with Crippen molar-refractivity contribution in [3.63, 3.8) is 0 Å². The molecule has 0 aromatic heterocycles. The third-order valence-corrected chi connectivity index (χ3v) is 4.79. The van der Waals surface area contributed by atoms with Crippen LogP contribution in [0, 0.1) is 5.92 Å². The quantitative estimate of drug-likeness (QED) is 0.905. The summed E-state index contributed by atoms with van der Waals surface area (Å²) in [6, 6.07) is 5.17. The maximum Gasteiger partial charge on any atom is 0.239 e. The molecule has 1 saturated heterocycles. The van der Waals surface area contributed by atoms with Gasteiger partial charge in [-0.1, -0.05) is 13.0 Å². The van der Waals surface area contributed by atoms with E-state index in [0.717, 1.165) is 37.4 Å². The lowest BCUT2D eigenvalue weighted by Crippen LogP contribution is -2.48. The van der Waals surface area contributed by atoms with Crippen LogP contribution in [0.5, 0.6) is 11.5 Å². The van der Waals surface area contributed by atoms with Crippen molar-refractivity contribution < 1.29 is 14.6 Å². The third-order valence-electron chi connectivity index (χ3n) is 4.79. The number of aromatic hydroxyl groups is 1. The smallest absolute Gasteiger partial charge is 0.239 e. The van der Waals surface area contributed by atoms with Crippen molar-refractivity contribution in [2.45, 2.75) is 39.3 Å². The van der Waals surface area contributed by atoms with Gasteiger partial charge in [0.05, 0.1) is 13.2 Å². The highest BCUT2D eigenvalue weighted by molar-refractivity contribution is 5.81. The molecule has 5 heteroatoms. The first-order valence-corrected chi connectivity index (χ1v) is 8.27. The standard InChI is InChI=1S/C18H28N2O3/c1-13-7-9-20(10-8-13)18(22)14(2)19(3)12-15-5-6-17(23-4)16(21)11-15/h5-6,11,13-14,21H,7-10,12H2,1-4H3/t14-/m0/s1. The zero-order valence-corrected chi connectivity index (χ0v) is 14.6. The van der Waals surface area contributed by atoms with E-state index in [9.17, 15) is 9.90 Å². The molecular formula is C18H28N2O3. The van der Waals surface area contributed by atoms with E-state index in [0.29, 0.717) is 12.3 Å². The Hall–Kier alpha value is -1.75. The predicted molar refractivity (Wildman–Crippen MR) is 90.6 cm³/mol. The average molecular weight is 320 g/mol. The summed E-state index contributed by atoms with van der Waals surface area (Å²) in [6.45, 7) is 6.52. The Kier molecular flexibility index (Phi) is 5.88. The highest BCUT2D eigenvalue weighted by Gasteiger charge is 2.26. The van der Waals surface area contributed by atoms with E-state index >= 15 is 0 Å². The lowest BCUT2D eigenvalue weighted by molar-refractivity contribution is -0.137. The fourth-order valence-corrected chi connectivity index (χ4v) is 2.94. The number of nitrogens with zero attached hydrogens (tertiary/aromatic N) is 2. The molecule has 0 radical (unpaired) electrons. The van der Waals surface area contributed by atoms with Gasteiger partial charge in [0.1, 0.15) is 0 Å². The zero-order valence-electron chi connectivity index (χ0n) is 14.6. The maximum absolute atomic E-state index is 12.6. The third kappa shape index (κ3) is 4.38. The van der Waals surface area contributed by atoms with Crippen molar-refractivity contribution in [2.24, 2.45) is 5.92 Å². The molecule has 0 aliphatic carbocycles. The normalized spacial score (nSPS) is 17.3. The molecule has 1 amide bonds. The Bertz CT molecular complexity index is 539. The molecule has 23 heavy (non-hydrogen) atoms. The number of carbonyl (C=O) groups is 1. The van der Waals surface area contributed by atoms with Crippen LogP contribution < -0.4 is 4.74 Å². The summed E-state index contributed by atoms with van der Waals surface area (Å²) in [7, 11) is 3.47. The van der Waals surface area contributed by atoms with Crippen LogP contribution in [-0.2, 0) is 11.3 Å². The summed E-state index contributed by atoms with van der Waals surface area (Å²) in [5.74, 6) is 1.50. The maximum atomic E-state index is 12.6. The second-order valence-corrected chi connectivity index (χ2v) is 6.61. The van der Waals surface area contributed by atoms with E-state index in [-0.39, 0.29) is 17.7 Å². The minimum atomic E-state index is -0.173. The van der Waals surface area contributed by atoms with Gasteiger partial charge >= 0.3 is 0 Å². The second kappa shape index (κ2) is 7.68. The Morgan fingerprint density at radius 2 is 2.09 bits per heavy atom. The van der Waals surface area contributed by atoms with Crippen LogP contribution in [0.3, 0.4) is 0 Å². The SMILES string of the molecule is COc1ccc(CN(C)[C@@H](C)C(=O)N2CCC(C)CC2)cc1O. The molecule has 128 valence electrons. The fraction of sp³-hybridized carbons (Fsp3) is 0.611. The Labute approximate surface area is 138 Å². The van der Waals surface area contributed by atoms with Crippen LogP contribution in [0.4, 0.5) is 0 Å².